The van der Waals surface area contributed by atoms with Crippen molar-refractivity contribution in [2.45, 2.75) is 129 Å². The zero-order valence-electron chi connectivity index (χ0n) is 42.0. The van der Waals surface area contributed by atoms with Gasteiger partial charge < -0.3 is 4.90 Å². The number of nitriles is 2. The lowest BCUT2D eigenvalue weighted by molar-refractivity contribution is 0.414. The molecule has 0 spiro atoms. The molecule has 7 aromatic rings. The van der Waals surface area contributed by atoms with Crippen LogP contribution in [0, 0.1) is 29.2 Å². The number of para-hydroxylation sites is 2. The molecule has 9 rings (SSSR count). The Balaban J connectivity index is 0.00000325. The minimum absolute atomic E-state index is 0.102. The minimum atomic E-state index is -0.164. The number of hydrogen-bond acceptors (Lipinski definition) is 4. The summed E-state index contributed by atoms with van der Waals surface area (Å²) in [4.78, 5) is 7.44. The lowest BCUT2D eigenvalue weighted by Crippen LogP contribution is -2.26. The van der Waals surface area contributed by atoms with Gasteiger partial charge in [-0.1, -0.05) is 172 Å². The van der Waals surface area contributed by atoms with Crippen molar-refractivity contribution < 1.29 is 0 Å². The number of benzene rings is 6. The van der Waals surface area contributed by atoms with Crippen molar-refractivity contribution in [1.29, 1.82) is 10.5 Å². The van der Waals surface area contributed by atoms with Gasteiger partial charge in [-0.2, -0.15) is 5.26 Å². The number of unbranched alkanes of at least 4 members (excludes halogenated alkanes) is 4. The molecule has 0 saturated carbocycles. The summed E-state index contributed by atoms with van der Waals surface area (Å²) in [6.45, 7) is 20.8. The van der Waals surface area contributed by atoms with Crippen LogP contribution < -0.4 is 4.90 Å². The SMILES string of the molecule is CC.[C-]#[N+]/C(C#N)=C(/C#N)c1ccc(-c2ccc3c(c2)C(CCCC)(CCCC)c2cc(-c4ccc5c(c4)C(CCCC)(CCCC)c4cc(N(c6ccccc6)c6ccccc6)ccc4-5)ccc2-3)s1. The number of rotatable bonds is 18. The second kappa shape index (κ2) is 22.2. The van der Waals surface area contributed by atoms with Crippen molar-refractivity contribution in [3.05, 3.63) is 190 Å². The molecule has 1 heterocycles. The van der Waals surface area contributed by atoms with E-state index >= 15 is 0 Å². The average molecular weight is 935 g/mol. The van der Waals surface area contributed by atoms with Gasteiger partial charge >= 0.3 is 0 Å². The highest BCUT2D eigenvalue weighted by Crippen LogP contribution is 2.58. The lowest BCUT2D eigenvalue weighted by atomic mass is 9.69. The fraction of sp³-hybridized carbons (Fsp3) is 0.308. The van der Waals surface area contributed by atoms with Crippen LogP contribution in [-0.4, -0.2) is 0 Å². The predicted molar refractivity (Wildman–Crippen MR) is 297 cm³/mol. The summed E-state index contributed by atoms with van der Waals surface area (Å²) >= 11 is 1.48. The van der Waals surface area contributed by atoms with Crippen LogP contribution >= 0.6 is 11.3 Å². The van der Waals surface area contributed by atoms with Crippen LogP contribution in [0.1, 0.15) is 146 Å². The highest BCUT2D eigenvalue weighted by atomic mass is 32.1. The van der Waals surface area contributed by atoms with Gasteiger partial charge in [0.25, 0.3) is 5.70 Å². The molecule has 70 heavy (non-hydrogen) atoms. The lowest BCUT2D eigenvalue weighted by Gasteiger charge is -2.34. The Hall–Kier alpha value is -6.97. The van der Waals surface area contributed by atoms with E-state index in [4.69, 9.17) is 6.57 Å². The van der Waals surface area contributed by atoms with E-state index in [0.29, 0.717) is 4.88 Å². The molecule has 0 amide bonds. The molecule has 0 radical (unpaired) electrons. The van der Waals surface area contributed by atoms with Gasteiger partial charge in [-0.25, -0.2) is 10.1 Å². The molecule has 0 fully saturated rings. The summed E-state index contributed by atoms with van der Waals surface area (Å²) in [7, 11) is 0. The Bertz CT molecular complexity index is 3040. The second-order valence-electron chi connectivity index (χ2n) is 18.8. The van der Waals surface area contributed by atoms with Gasteiger partial charge in [-0.05, 0) is 154 Å². The molecule has 1 aromatic heterocycles. The Kier molecular flexibility index (Phi) is 15.7. The summed E-state index contributed by atoms with van der Waals surface area (Å²) in [5.74, 6) is 0. The number of fused-ring (bicyclic) bond motifs is 6. The van der Waals surface area contributed by atoms with Crippen LogP contribution in [0.4, 0.5) is 17.1 Å². The first-order chi connectivity index (χ1) is 34.4. The van der Waals surface area contributed by atoms with E-state index in [1.54, 1.807) is 0 Å². The summed E-state index contributed by atoms with van der Waals surface area (Å²) in [6.07, 6.45) is 13.5. The monoisotopic (exact) mass is 935 g/mol. The third kappa shape index (κ3) is 9.03. The maximum atomic E-state index is 9.94. The number of allylic oxidation sites excluding steroid dienone is 2. The van der Waals surface area contributed by atoms with Crippen molar-refractivity contribution in [3.8, 4) is 56.0 Å². The Morgan fingerprint density at radius 2 is 0.914 bits per heavy atom. The first kappa shape index (κ1) is 49.5. The fourth-order valence-corrected chi connectivity index (χ4v) is 12.5. The molecule has 4 nitrogen and oxygen atoms in total. The zero-order valence-corrected chi connectivity index (χ0v) is 42.9. The number of nitrogens with zero attached hydrogens (tertiary/aromatic N) is 4. The predicted octanol–water partition coefficient (Wildman–Crippen LogP) is 19.5. The topological polar surface area (TPSA) is 55.2 Å². The molecule has 352 valence electrons. The third-order valence-corrected chi connectivity index (χ3v) is 16.0. The Morgan fingerprint density at radius 3 is 1.33 bits per heavy atom. The van der Waals surface area contributed by atoms with Crippen LogP contribution in [0.2, 0.25) is 0 Å². The van der Waals surface area contributed by atoms with Gasteiger partial charge in [0.05, 0.1) is 24.3 Å². The van der Waals surface area contributed by atoms with Crippen LogP contribution in [-0.2, 0) is 10.8 Å². The van der Waals surface area contributed by atoms with Gasteiger partial charge in [0.2, 0.25) is 0 Å². The average Bonchev–Trinajstić information content (AvgIpc) is 4.09. The quantitative estimate of drug-likeness (QED) is 0.0636. The molecule has 0 N–H and O–H groups in total. The second-order valence-corrected chi connectivity index (χ2v) is 19.9. The van der Waals surface area contributed by atoms with Crippen LogP contribution in [0.3, 0.4) is 0 Å². The largest absolute Gasteiger partial charge is 0.310 e. The van der Waals surface area contributed by atoms with Crippen molar-refractivity contribution in [2.24, 2.45) is 0 Å². The van der Waals surface area contributed by atoms with Crippen molar-refractivity contribution in [3.63, 3.8) is 0 Å². The molecule has 2 aliphatic carbocycles. The molecule has 0 saturated heterocycles. The maximum absolute atomic E-state index is 9.94. The van der Waals surface area contributed by atoms with Crippen LogP contribution in [0.15, 0.2) is 151 Å². The zero-order chi connectivity index (χ0) is 49.3. The summed E-state index contributed by atoms with van der Waals surface area (Å²) in [5, 5.41) is 19.5. The van der Waals surface area contributed by atoms with E-state index in [1.165, 1.54) is 85.5 Å². The number of anilines is 3. The van der Waals surface area contributed by atoms with Crippen molar-refractivity contribution in [2.75, 3.05) is 4.90 Å². The number of thiophene rings is 1. The van der Waals surface area contributed by atoms with E-state index in [1.807, 2.05) is 32.0 Å². The molecule has 6 aromatic carbocycles. The highest BCUT2D eigenvalue weighted by molar-refractivity contribution is 7.16. The van der Waals surface area contributed by atoms with Gasteiger partial charge in [0.15, 0.2) is 0 Å². The summed E-state index contributed by atoms with van der Waals surface area (Å²) in [5.41, 5.74) is 18.1. The maximum Gasteiger partial charge on any atom is 0.280 e. The van der Waals surface area contributed by atoms with Crippen LogP contribution in [0.5, 0.6) is 0 Å². The smallest absolute Gasteiger partial charge is 0.280 e. The molecular weight excluding hydrogens is 869 g/mol. The Morgan fingerprint density at radius 1 is 0.500 bits per heavy atom. The van der Waals surface area contributed by atoms with E-state index in [9.17, 15) is 10.5 Å². The summed E-state index contributed by atoms with van der Waals surface area (Å²) in [6, 6.07) is 58.5. The molecule has 0 atom stereocenters. The summed E-state index contributed by atoms with van der Waals surface area (Å²) < 4.78 is 0. The van der Waals surface area contributed by atoms with Gasteiger partial charge in [0, 0.05) is 37.6 Å². The molecule has 2 aliphatic rings. The number of hydrogen-bond donors (Lipinski definition) is 0. The van der Waals surface area contributed by atoms with Crippen molar-refractivity contribution >= 4 is 34.0 Å². The first-order valence-electron chi connectivity index (χ1n) is 25.9. The van der Waals surface area contributed by atoms with Gasteiger partial charge in [-0.15, -0.1) is 11.3 Å². The van der Waals surface area contributed by atoms with Crippen LogP contribution in [0.25, 0.3) is 54.2 Å². The molecule has 0 aliphatic heterocycles. The third-order valence-electron chi connectivity index (χ3n) is 14.9. The van der Waals surface area contributed by atoms with Gasteiger partial charge in [0.1, 0.15) is 0 Å². The van der Waals surface area contributed by atoms with Crippen molar-refractivity contribution in [1.82, 2.24) is 0 Å². The molecule has 0 bridgehead atoms. The fourth-order valence-electron chi connectivity index (χ4n) is 11.5. The highest BCUT2D eigenvalue weighted by Gasteiger charge is 2.44. The molecule has 5 heteroatoms. The van der Waals surface area contributed by atoms with E-state index in [-0.39, 0.29) is 22.1 Å². The normalized spacial score (nSPS) is 13.5. The molecule has 0 unspecified atom stereocenters. The van der Waals surface area contributed by atoms with E-state index < -0.39 is 0 Å². The Labute approximate surface area is 422 Å². The van der Waals surface area contributed by atoms with E-state index in [0.717, 1.165) is 86.0 Å². The first-order valence-corrected chi connectivity index (χ1v) is 26.7. The van der Waals surface area contributed by atoms with Gasteiger partial charge in [-0.3, -0.25) is 0 Å². The molecular formula is C65H66N4S. The standard InChI is InChI=1S/C63H60N4S.C2H6/c1-6-10-34-62(35-11-7-2)55-38-44(24-28-50(55)52-30-26-46(40-57(52)62)60-32-33-61(68-60)54(42-64)59(43-65)66-5)45-25-29-51-53-31-27-49(67(47-20-16-14-17-21-47)48-22-18-15-19-23-48)41-58(53)63(36-12-8-3,37-13-9-4)56(51)39-45;1-2/h14-33,38-41H,6-13,34-37H2,1-4H3;1-2H3/b59-54-;. The van der Waals surface area contributed by atoms with E-state index in [2.05, 4.69) is 177 Å². The minimum Gasteiger partial charge on any atom is -0.310 e.